The van der Waals surface area contributed by atoms with Crippen molar-refractivity contribution >= 4 is 11.7 Å². The second-order valence-electron chi connectivity index (χ2n) is 5.04. The number of aryl methyl sites for hydroxylation is 1. The van der Waals surface area contributed by atoms with Crippen molar-refractivity contribution in [3.63, 3.8) is 0 Å². The maximum atomic E-state index is 13.5. The van der Waals surface area contributed by atoms with E-state index in [1.54, 1.807) is 26.8 Å². The lowest BCUT2D eigenvalue weighted by atomic mass is 9.92. The minimum atomic E-state index is -0.718. The highest BCUT2D eigenvalue weighted by Crippen LogP contribution is 2.15. The number of carbonyl (C=O) groups excluding carboxylic acids is 1. The Kier molecular flexibility index (Phi) is 4.47. The molecule has 0 saturated heterocycles. The van der Waals surface area contributed by atoms with Crippen molar-refractivity contribution < 1.29 is 14.4 Å². The molecule has 6 heteroatoms. The highest BCUT2D eigenvalue weighted by Gasteiger charge is 2.25. The van der Waals surface area contributed by atoms with E-state index in [1.807, 2.05) is 0 Å². The van der Waals surface area contributed by atoms with E-state index in [4.69, 9.17) is 10.9 Å². The maximum Gasteiger partial charge on any atom is 0.254 e. The molecule has 0 saturated carbocycles. The van der Waals surface area contributed by atoms with Crippen LogP contribution >= 0.6 is 0 Å². The molecule has 0 radical (unpaired) electrons. The molecule has 0 aliphatic heterocycles. The number of halogens is 1. The number of oxime groups is 1. The van der Waals surface area contributed by atoms with Crippen molar-refractivity contribution in [1.82, 2.24) is 5.32 Å². The lowest BCUT2D eigenvalue weighted by Crippen LogP contribution is -2.42. The van der Waals surface area contributed by atoms with Crippen LogP contribution in [0.5, 0.6) is 0 Å². The van der Waals surface area contributed by atoms with E-state index in [9.17, 15) is 9.18 Å². The van der Waals surface area contributed by atoms with Gasteiger partial charge in [0.2, 0.25) is 0 Å². The predicted molar refractivity (Wildman–Crippen MR) is 70.7 cm³/mol. The Balaban J connectivity index is 2.79. The summed E-state index contributed by atoms with van der Waals surface area (Å²) in [4.78, 5) is 11.9. The number of rotatable bonds is 4. The number of amidine groups is 1. The van der Waals surface area contributed by atoms with Gasteiger partial charge in [-0.15, -0.1) is 0 Å². The first-order valence-electron chi connectivity index (χ1n) is 5.80. The van der Waals surface area contributed by atoms with Crippen LogP contribution in [0.15, 0.2) is 23.4 Å². The van der Waals surface area contributed by atoms with Crippen LogP contribution in [0, 0.1) is 18.2 Å². The third-order valence-electron chi connectivity index (χ3n) is 2.86. The van der Waals surface area contributed by atoms with Crippen LogP contribution in [0.2, 0.25) is 0 Å². The quantitative estimate of drug-likeness (QED) is 0.335. The summed E-state index contributed by atoms with van der Waals surface area (Å²) in [6.07, 6.45) is 0. The summed E-state index contributed by atoms with van der Waals surface area (Å²) in [6, 6.07) is 4.31. The van der Waals surface area contributed by atoms with Gasteiger partial charge in [-0.2, -0.15) is 0 Å². The zero-order chi connectivity index (χ0) is 14.6. The fourth-order valence-corrected chi connectivity index (χ4v) is 1.44. The first-order chi connectivity index (χ1) is 8.77. The molecule has 19 heavy (non-hydrogen) atoms. The highest BCUT2D eigenvalue weighted by molar-refractivity contribution is 5.95. The van der Waals surface area contributed by atoms with Crippen LogP contribution in [0.3, 0.4) is 0 Å². The first kappa shape index (κ1) is 14.9. The summed E-state index contributed by atoms with van der Waals surface area (Å²) in [5, 5.41) is 14.1. The number of hydrogen-bond donors (Lipinski definition) is 3. The second-order valence-corrected chi connectivity index (χ2v) is 5.04. The van der Waals surface area contributed by atoms with Crippen LogP contribution < -0.4 is 11.1 Å². The van der Waals surface area contributed by atoms with Crippen molar-refractivity contribution in [1.29, 1.82) is 0 Å². The zero-order valence-electron chi connectivity index (χ0n) is 11.2. The largest absolute Gasteiger partial charge is 0.409 e. The summed E-state index contributed by atoms with van der Waals surface area (Å²) in [6.45, 7) is 5.32. The van der Waals surface area contributed by atoms with E-state index in [-0.39, 0.29) is 17.9 Å². The molecule has 0 aliphatic carbocycles. The lowest BCUT2D eigenvalue weighted by molar-refractivity contribution is 0.0940. The van der Waals surface area contributed by atoms with E-state index < -0.39 is 17.1 Å². The van der Waals surface area contributed by atoms with E-state index in [0.29, 0.717) is 0 Å². The Morgan fingerprint density at radius 2 is 2.16 bits per heavy atom. The molecule has 5 nitrogen and oxygen atoms in total. The number of amides is 1. The van der Waals surface area contributed by atoms with Crippen LogP contribution in [-0.4, -0.2) is 23.5 Å². The van der Waals surface area contributed by atoms with Gasteiger partial charge in [0.05, 0.1) is 5.56 Å². The Hall–Kier alpha value is -2.11. The normalized spacial score (nSPS) is 12.3. The van der Waals surface area contributed by atoms with Crippen LogP contribution in [-0.2, 0) is 0 Å². The van der Waals surface area contributed by atoms with Gasteiger partial charge in [-0.3, -0.25) is 4.79 Å². The van der Waals surface area contributed by atoms with Crippen molar-refractivity contribution in [2.75, 3.05) is 6.54 Å². The average Bonchev–Trinajstić information content (AvgIpc) is 2.37. The number of nitrogens with zero attached hydrogens (tertiary/aromatic N) is 1. The molecule has 0 bridgehead atoms. The zero-order valence-corrected chi connectivity index (χ0v) is 11.2. The average molecular weight is 267 g/mol. The van der Waals surface area contributed by atoms with Gasteiger partial charge in [0, 0.05) is 12.0 Å². The fraction of sp³-hybridized carbons (Fsp3) is 0.385. The Morgan fingerprint density at radius 1 is 1.53 bits per heavy atom. The fourth-order valence-electron chi connectivity index (χ4n) is 1.44. The Morgan fingerprint density at radius 3 is 2.74 bits per heavy atom. The number of hydrogen-bond acceptors (Lipinski definition) is 3. The summed E-state index contributed by atoms with van der Waals surface area (Å²) in [7, 11) is 0. The molecule has 0 unspecified atom stereocenters. The number of nitrogens with two attached hydrogens (primary N) is 1. The minimum absolute atomic E-state index is 0.00230. The molecule has 4 N–H and O–H groups in total. The van der Waals surface area contributed by atoms with Gasteiger partial charge < -0.3 is 16.3 Å². The molecule has 1 rings (SSSR count). The van der Waals surface area contributed by atoms with Crippen molar-refractivity contribution in [3.05, 3.63) is 35.1 Å². The first-order valence-corrected chi connectivity index (χ1v) is 5.80. The van der Waals surface area contributed by atoms with Gasteiger partial charge in [-0.1, -0.05) is 30.6 Å². The monoisotopic (exact) mass is 267 g/mol. The van der Waals surface area contributed by atoms with Crippen LogP contribution in [0.4, 0.5) is 4.39 Å². The van der Waals surface area contributed by atoms with Gasteiger partial charge in [-0.05, 0) is 19.1 Å². The van der Waals surface area contributed by atoms with Gasteiger partial charge in [0.25, 0.3) is 5.91 Å². The molecule has 104 valence electrons. The van der Waals surface area contributed by atoms with E-state index in [1.165, 1.54) is 12.1 Å². The standard InChI is InChI=1S/C13H18FN3O2/c1-8-4-5-10(14)9(6-8)11(18)16-7-13(2,3)12(15)17-19/h4-6,19H,7H2,1-3H3,(H2,15,17)(H,16,18). The number of nitrogens with one attached hydrogen (secondary N) is 1. The van der Waals surface area contributed by atoms with Crippen molar-refractivity contribution in [2.24, 2.45) is 16.3 Å². The predicted octanol–water partition coefficient (Wildman–Crippen LogP) is 1.64. The topological polar surface area (TPSA) is 87.7 Å². The molecule has 0 aromatic heterocycles. The van der Waals surface area contributed by atoms with Crippen molar-refractivity contribution in [2.45, 2.75) is 20.8 Å². The van der Waals surface area contributed by atoms with E-state index in [0.717, 1.165) is 5.56 Å². The van der Waals surface area contributed by atoms with Gasteiger partial charge in [0.15, 0.2) is 0 Å². The SMILES string of the molecule is Cc1ccc(F)c(C(=O)NCC(C)(C)/C(N)=N/O)c1. The van der Waals surface area contributed by atoms with Crippen LogP contribution in [0.25, 0.3) is 0 Å². The summed E-state index contributed by atoms with van der Waals surface area (Å²) in [5.74, 6) is -1.11. The van der Waals surface area contributed by atoms with Crippen LogP contribution in [0.1, 0.15) is 29.8 Å². The molecule has 1 aromatic carbocycles. The summed E-state index contributed by atoms with van der Waals surface area (Å²) in [5.41, 5.74) is 5.56. The van der Waals surface area contributed by atoms with Gasteiger partial charge >= 0.3 is 0 Å². The summed E-state index contributed by atoms with van der Waals surface area (Å²) < 4.78 is 13.5. The van der Waals surface area contributed by atoms with Gasteiger partial charge in [-0.25, -0.2) is 4.39 Å². The molecule has 0 spiro atoms. The summed E-state index contributed by atoms with van der Waals surface area (Å²) >= 11 is 0. The third kappa shape index (κ3) is 3.67. The van der Waals surface area contributed by atoms with E-state index in [2.05, 4.69) is 10.5 Å². The molecule has 1 aromatic rings. The lowest BCUT2D eigenvalue weighted by Gasteiger charge is -2.23. The highest BCUT2D eigenvalue weighted by atomic mass is 19.1. The molecule has 0 aliphatic rings. The third-order valence-corrected chi connectivity index (χ3v) is 2.86. The molecule has 1 amide bonds. The van der Waals surface area contributed by atoms with Gasteiger partial charge in [0.1, 0.15) is 11.7 Å². The second kappa shape index (κ2) is 5.69. The molecule has 0 atom stereocenters. The molecule has 0 fully saturated rings. The molecular formula is C13H18FN3O2. The Bertz CT molecular complexity index is 513. The maximum absolute atomic E-state index is 13.5. The number of benzene rings is 1. The Labute approximate surface area is 111 Å². The molecule has 0 heterocycles. The van der Waals surface area contributed by atoms with Crippen molar-refractivity contribution in [3.8, 4) is 0 Å². The van der Waals surface area contributed by atoms with E-state index >= 15 is 0 Å². The molecular weight excluding hydrogens is 249 g/mol. The smallest absolute Gasteiger partial charge is 0.254 e. The number of carbonyl (C=O) groups is 1. The minimum Gasteiger partial charge on any atom is -0.409 e.